The van der Waals surface area contributed by atoms with Gasteiger partial charge >= 0.3 is 0 Å². The molecule has 0 saturated carbocycles. The van der Waals surface area contributed by atoms with Crippen molar-refractivity contribution in [3.05, 3.63) is 82.0 Å². The van der Waals surface area contributed by atoms with Crippen LogP contribution in [0.4, 0.5) is 0 Å². The number of nitrogens with zero attached hydrogens (tertiary/aromatic N) is 2. The molecule has 0 radical (unpaired) electrons. The number of fused-ring (bicyclic) bond motifs is 1. The number of para-hydroxylation sites is 2. The van der Waals surface area contributed by atoms with Crippen LogP contribution in [-0.2, 0) is 6.54 Å². The van der Waals surface area contributed by atoms with Gasteiger partial charge < -0.3 is 13.9 Å². The molecule has 0 saturated heterocycles. The lowest BCUT2D eigenvalue weighted by Crippen LogP contribution is -2.24. The highest BCUT2D eigenvalue weighted by Gasteiger charge is 2.14. The van der Waals surface area contributed by atoms with Crippen molar-refractivity contribution in [2.45, 2.75) is 11.7 Å². The van der Waals surface area contributed by atoms with Gasteiger partial charge in [0.2, 0.25) is 0 Å². The zero-order valence-electron chi connectivity index (χ0n) is 16.2. The fourth-order valence-corrected chi connectivity index (χ4v) is 3.99. The Balaban J connectivity index is 1.57. The van der Waals surface area contributed by atoms with Crippen LogP contribution in [0.3, 0.4) is 0 Å². The lowest BCUT2D eigenvalue weighted by molar-refractivity contribution is 0.313. The van der Waals surface area contributed by atoms with E-state index in [0.29, 0.717) is 57.2 Å². The van der Waals surface area contributed by atoms with Crippen LogP contribution in [0.15, 0.2) is 75.2 Å². The average molecular weight is 443 g/mol. The van der Waals surface area contributed by atoms with Crippen LogP contribution in [0.25, 0.3) is 10.9 Å². The summed E-state index contributed by atoms with van der Waals surface area (Å²) in [6, 6.07) is 16.2. The lowest BCUT2D eigenvalue weighted by atomic mass is 10.2. The highest BCUT2D eigenvalue weighted by Crippen LogP contribution is 2.26. The summed E-state index contributed by atoms with van der Waals surface area (Å²) >= 11 is 7.54. The first-order chi connectivity index (χ1) is 14.7. The third-order valence-corrected chi connectivity index (χ3v) is 5.59. The average Bonchev–Trinajstić information content (AvgIpc) is 3.27. The fourth-order valence-electron chi connectivity index (χ4n) is 3.00. The fraction of sp³-hybridized carbons (Fsp3) is 0.182. The van der Waals surface area contributed by atoms with Crippen LogP contribution in [0.1, 0.15) is 5.76 Å². The maximum Gasteiger partial charge on any atom is 0.262 e. The van der Waals surface area contributed by atoms with Crippen LogP contribution in [0.2, 0.25) is 5.02 Å². The Bertz CT molecular complexity index is 1210. The molecule has 0 fully saturated rings. The van der Waals surface area contributed by atoms with Crippen LogP contribution < -0.4 is 15.0 Å². The largest absolute Gasteiger partial charge is 0.493 e. The molecular formula is C22H19ClN2O4S. The van der Waals surface area contributed by atoms with E-state index in [4.69, 9.17) is 25.5 Å². The summed E-state index contributed by atoms with van der Waals surface area (Å²) in [6.07, 6.45) is 1.59. The van der Waals surface area contributed by atoms with Gasteiger partial charge in [0.1, 0.15) is 5.76 Å². The number of ether oxygens (including phenoxy) is 2. The predicted octanol–water partition coefficient (Wildman–Crippen LogP) is 4.87. The Morgan fingerprint density at radius 2 is 1.97 bits per heavy atom. The van der Waals surface area contributed by atoms with E-state index in [1.54, 1.807) is 42.2 Å². The van der Waals surface area contributed by atoms with Crippen molar-refractivity contribution in [1.29, 1.82) is 0 Å². The lowest BCUT2D eigenvalue weighted by Gasteiger charge is -2.13. The van der Waals surface area contributed by atoms with Gasteiger partial charge in [0.15, 0.2) is 16.7 Å². The first kappa shape index (κ1) is 20.4. The minimum Gasteiger partial charge on any atom is -0.493 e. The minimum atomic E-state index is -0.138. The molecule has 0 bridgehead atoms. The van der Waals surface area contributed by atoms with E-state index in [9.17, 15) is 4.79 Å². The SMILES string of the molecule is COc1ccccc1OCCSc1nc2cc(Cl)ccc2c(=O)n1Cc1ccco1. The molecule has 0 amide bonds. The zero-order valence-corrected chi connectivity index (χ0v) is 17.8. The number of furan rings is 1. The van der Waals surface area contributed by atoms with Gasteiger partial charge in [-0.15, -0.1) is 0 Å². The molecule has 2 heterocycles. The molecule has 154 valence electrons. The van der Waals surface area contributed by atoms with Gasteiger partial charge in [-0.05, 0) is 42.5 Å². The summed E-state index contributed by atoms with van der Waals surface area (Å²) in [6.45, 7) is 0.725. The van der Waals surface area contributed by atoms with Crippen molar-refractivity contribution < 1.29 is 13.9 Å². The van der Waals surface area contributed by atoms with E-state index in [0.717, 1.165) is 0 Å². The molecule has 0 atom stereocenters. The molecule has 4 rings (SSSR count). The number of halogens is 1. The normalized spacial score (nSPS) is 11.0. The Morgan fingerprint density at radius 1 is 1.13 bits per heavy atom. The van der Waals surface area contributed by atoms with Gasteiger partial charge in [-0.1, -0.05) is 35.5 Å². The van der Waals surface area contributed by atoms with Crippen molar-refractivity contribution >= 4 is 34.3 Å². The number of methoxy groups -OCH3 is 1. The molecule has 0 aliphatic rings. The number of thioether (sulfide) groups is 1. The van der Waals surface area contributed by atoms with Gasteiger partial charge in [0.05, 0.1) is 37.4 Å². The Kier molecular flexibility index (Phi) is 6.30. The highest BCUT2D eigenvalue weighted by atomic mass is 35.5. The van der Waals surface area contributed by atoms with Gasteiger partial charge in [-0.25, -0.2) is 4.98 Å². The number of hydrogen-bond acceptors (Lipinski definition) is 6. The van der Waals surface area contributed by atoms with E-state index in [-0.39, 0.29) is 5.56 Å². The second kappa shape index (κ2) is 9.28. The second-order valence-electron chi connectivity index (χ2n) is 6.37. The molecular weight excluding hydrogens is 424 g/mol. The van der Waals surface area contributed by atoms with E-state index in [1.807, 2.05) is 30.3 Å². The van der Waals surface area contributed by atoms with Crippen molar-refractivity contribution in [3.63, 3.8) is 0 Å². The topological polar surface area (TPSA) is 66.5 Å². The van der Waals surface area contributed by atoms with Crippen molar-refractivity contribution in [2.24, 2.45) is 0 Å². The second-order valence-corrected chi connectivity index (χ2v) is 7.87. The van der Waals surface area contributed by atoms with Crippen LogP contribution in [0, 0.1) is 0 Å². The third-order valence-electron chi connectivity index (χ3n) is 4.42. The van der Waals surface area contributed by atoms with E-state index >= 15 is 0 Å². The molecule has 0 N–H and O–H groups in total. The molecule has 6 nitrogen and oxygen atoms in total. The molecule has 2 aromatic carbocycles. The zero-order chi connectivity index (χ0) is 20.9. The van der Waals surface area contributed by atoms with Crippen LogP contribution in [0.5, 0.6) is 11.5 Å². The number of rotatable bonds is 8. The van der Waals surface area contributed by atoms with E-state index < -0.39 is 0 Å². The Hall–Kier alpha value is -2.90. The molecule has 0 aliphatic heterocycles. The molecule has 2 aromatic heterocycles. The quantitative estimate of drug-likeness (QED) is 0.220. The van der Waals surface area contributed by atoms with E-state index in [1.165, 1.54) is 11.8 Å². The summed E-state index contributed by atoms with van der Waals surface area (Å²) in [5.74, 6) is 2.62. The summed E-state index contributed by atoms with van der Waals surface area (Å²) in [7, 11) is 1.61. The highest BCUT2D eigenvalue weighted by molar-refractivity contribution is 7.99. The number of benzene rings is 2. The first-order valence-corrected chi connectivity index (χ1v) is 10.6. The third kappa shape index (κ3) is 4.47. The standard InChI is InChI=1S/C22H19ClN2O4S/c1-27-19-6-2-3-7-20(19)29-11-12-30-22-24-18-13-15(23)8-9-17(18)21(26)25(22)14-16-5-4-10-28-16/h2-10,13H,11-12,14H2,1H3. The summed E-state index contributed by atoms with van der Waals surface area (Å²) < 4.78 is 18.2. The van der Waals surface area contributed by atoms with Crippen LogP contribution >= 0.6 is 23.4 Å². The smallest absolute Gasteiger partial charge is 0.262 e. The van der Waals surface area contributed by atoms with Gasteiger partial charge in [0, 0.05) is 10.8 Å². The van der Waals surface area contributed by atoms with Crippen molar-refractivity contribution in [2.75, 3.05) is 19.5 Å². The molecule has 0 unspecified atom stereocenters. The number of aromatic nitrogens is 2. The monoisotopic (exact) mass is 442 g/mol. The maximum absolute atomic E-state index is 13.1. The van der Waals surface area contributed by atoms with Gasteiger partial charge in [0.25, 0.3) is 5.56 Å². The first-order valence-electron chi connectivity index (χ1n) is 9.27. The Morgan fingerprint density at radius 3 is 2.73 bits per heavy atom. The summed E-state index contributed by atoms with van der Waals surface area (Å²) in [5, 5.41) is 1.63. The van der Waals surface area contributed by atoms with Crippen LogP contribution in [-0.4, -0.2) is 29.0 Å². The maximum atomic E-state index is 13.1. The molecule has 30 heavy (non-hydrogen) atoms. The number of hydrogen-bond donors (Lipinski definition) is 0. The molecule has 8 heteroatoms. The Labute approximate surface area is 182 Å². The van der Waals surface area contributed by atoms with Gasteiger partial charge in [-0.3, -0.25) is 9.36 Å². The summed E-state index contributed by atoms with van der Waals surface area (Å²) in [4.78, 5) is 17.8. The minimum absolute atomic E-state index is 0.138. The molecule has 0 aliphatic carbocycles. The van der Waals surface area contributed by atoms with Gasteiger partial charge in [-0.2, -0.15) is 0 Å². The predicted molar refractivity (Wildman–Crippen MR) is 118 cm³/mol. The van der Waals surface area contributed by atoms with Crippen molar-refractivity contribution in [1.82, 2.24) is 9.55 Å². The summed E-state index contributed by atoms with van der Waals surface area (Å²) in [5.41, 5.74) is 0.428. The van der Waals surface area contributed by atoms with Crippen molar-refractivity contribution in [3.8, 4) is 11.5 Å². The van der Waals surface area contributed by atoms with E-state index in [2.05, 4.69) is 4.98 Å². The molecule has 0 spiro atoms. The molecule has 4 aromatic rings.